The van der Waals surface area contributed by atoms with Crippen LogP contribution in [0.5, 0.6) is 0 Å². The van der Waals surface area contributed by atoms with Crippen molar-refractivity contribution in [2.75, 3.05) is 32.8 Å². The first kappa shape index (κ1) is 13.9. The fourth-order valence-electron chi connectivity index (χ4n) is 2.64. The van der Waals surface area contributed by atoms with Crippen molar-refractivity contribution in [1.82, 2.24) is 4.90 Å². The van der Waals surface area contributed by atoms with Crippen LogP contribution >= 0.6 is 0 Å². The van der Waals surface area contributed by atoms with Crippen molar-refractivity contribution in [2.24, 2.45) is 11.1 Å². The van der Waals surface area contributed by atoms with E-state index < -0.39 is 0 Å². The quantitative estimate of drug-likeness (QED) is 0.780. The van der Waals surface area contributed by atoms with E-state index >= 15 is 0 Å². The molecule has 3 nitrogen and oxygen atoms in total. The Kier molecular flexibility index (Phi) is 4.77. The van der Waals surface area contributed by atoms with Crippen molar-refractivity contribution in [3.63, 3.8) is 0 Å². The van der Waals surface area contributed by atoms with Crippen LogP contribution in [0.4, 0.5) is 0 Å². The summed E-state index contributed by atoms with van der Waals surface area (Å²) in [5, 5.41) is 0. The van der Waals surface area contributed by atoms with Gasteiger partial charge in [0.15, 0.2) is 0 Å². The maximum atomic E-state index is 5.92. The molecule has 1 fully saturated rings. The average molecular weight is 228 g/mol. The first-order valence-electron chi connectivity index (χ1n) is 6.47. The number of ether oxygens (including phenoxy) is 1. The number of morpholine rings is 1. The van der Waals surface area contributed by atoms with E-state index in [4.69, 9.17) is 10.5 Å². The van der Waals surface area contributed by atoms with Crippen molar-refractivity contribution in [1.29, 1.82) is 0 Å². The minimum atomic E-state index is -0.0000266. The minimum absolute atomic E-state index is 0.0000266. The molecule has 0 aliphatic carbocycles. The molecule has 0 bridgehead atoms. The van der Waals surface area contributed by atoms with Gasteiger partial charge in [-0.2, -0.15) is 0 Å². The van der Waals surface area contributed by atoms with E-state index in [1.165, 1.54) is 12.8 Å². The summed E-state index contributed by atoms with van der Waals surface area (Å²) in [6, 6.07) is 0. The third-order valence-corrected chi connectivity index (χ3v) is 3.46. The first-order chi connectivity index (χ1) is 7.41. The average Bonchev–Trinajstić information content (AvgIpc) is 2.16. The zero-order chi connectivity index (χ0) is 12.2. The van der Waals surface area contributed by atoms with E-state index in [0.29, 0.717) is 0 Å². The van der Waals surface area contributed by atoms with Gasteiger partial charge < -0.3 is 10.5 Å². The SMILES string of the molecule is CCCC(C)(CN)CN1CCOC(C)(C)C1. The molecule has 1 atom stereocenters. The lowest BCUT2D eigenvalue weighted by molar-refractivity contribution is -0.0934. The van der Waals surface area contributed by atoms with Crippen molar-refractivity contribution in [2.45, 2.75) is 46.1 Å². The second-order valence-corrected chi connectivity index (χ2v) is 6.08. The molecule has 1 aliphatic rings. The molecule has 0 amide bonds. The van der Waals surface area contributed by atoms with Crippen molar-refractivity contribution >= 4 is 0 Å². The summed E-state index contributed by atoms with van der Waals surface area (Å²) in [6.07, 6.45) is 2.42. The second-order valence-electron chi connectivity index (χ2n) is 6.08. The van der Waals surface area contributed by atoms with Crippen molar-refractivity contribution < 1.29 is 4.74 Å². The second kappa shape index (κ2) is 5.48. The summed E-state index contributed by atoms with van der Waals surface area (Å²) in [4.78, 5) is 2.51. The Morgan fingerprint density at radius 3 is 2.62 bits per heavy atom. The maximum absolute atomic E-state index is 5.92. The van der Waals surface area contributed by atoms with Gasteiger partial charge in [-0.25, -0.2) is 0 Å². The summed E-state index contributed by atoms with van der Waals surface area (Å²) >= 11 is 0. The van der Waals surface area contributed by atoms with Gasteiger partial charge in [0, 0.05) is 19.6 Å². The molecule has 96 valence electrons. The zero-order valence-electron chi connectivity index (χ0n) is 11.4. The highest BCUT2D eigenvalue weighted by molar-refractivity contribution is 4.85. The molecule has 0 spiro atoms. The highest BCUT2D eigenvalue weighted by atomic mass is 16.5. The van der Waals surface area contributed by atoms with Crippen molar-refractivity contribution in [3.8, 4) is 0 Å². The Morgan fingerprint density at radius 2 is 2.12 bits per heavy atom. The molecule has 1 heterocycles. The molecule has 2 N–H and O–H groups in total. The van der Waals surface area contributed by atoms with Crippen LogP contribution in [-0.4, -0.2) is 43.3 Å². The van der Waals surface area contributed by atoms with E-state index in [-0.39, 0.29) is 11.0 Å². The van der Waals surface area contributed by atoms with Gasteiger partial charge in [-0.3, -0.25) is 4.90 Å². The van der Waals surface area contributed by atoms with Crippen LogP contribution < -0.4 is 5.73 Å². The lowest BCUT2D eigenvalue weighted by Crippen LogP contribution is -2.52. The Hall–Kier alpha value is -0.120. The first-order valence-corrected chi connectivity index (χ1v) is 6.47. The van der Waals surface area contributed by atoms with E-state index in [9.17, 15) is 0 Å². The largest absolute Gasteiger partial charge is 0.373 e. The number of nitrogens with two attached hydrogens (primary N) is 1. The topological polar surface area (TPSA) is 38.5 Å². The third kappa shape index (κ3) is 4.04. The van der Waals surface area contributed by atoms with Crippen LogP contribution in [0.25, 0.3) is 0 Å². The standard InChI is InChI=1S/C13H28N2O/c1-5-6-13(4,9-14)11-15-7-8-16-12(2,3)10-15/h5-11,14H2,1-4H3. The van der Waals surface area contributed by atoms with Gasteiger partial charge >= 0.3 is 0 Å². The smallest absolute Gasteiger partial charge is 0.0753 e. The van der Waals surface area contributed by atoms with Crippen molar-refractivity contribution in [3.05, 3.63) is 0 Å². The lowest BCUT2D eigenvalue weighted by Gasteiger charge is -2.42. The van der Waals surface area contributed by atoms with Crippen LogP contribution in [-0.2, 0) is 4.74 Å². The van der Waals surface area contributed by atoms with Crippen LogP contribution in [0.2, 0.25) is 0 Å². The Bertz CT molecular complexity index is 218. The zero-order valence-corrected chi connectivity index (χ0v) is 11.4. The van der Waals surface area contributed by atoms with Gasteiger partial charge in [-0.1, -0.05) is 20.3 Å². The highest BCUT2D eigenvalue weighted by Crippen LogP contribution is 2.26. The number of hydrogen-bond donors (Lipinski definition) is 1. The summed E-state index contributed by atoms with van der Waals surface area (Å²) < 4.78 is 5.73. The molecule has 0 saturated carbocycles. The van der Waals surface area contributed by atoms with E-state index in [2.05, 4.69) is 32.6 Å². The Balaban J connectivity index is 2.51. The molecule has 3 heteroatoms. The summed E-state index contributed by atoms with van der Waals surface area (Å²) in [6.45, 7) is 13.7. The predicted molar refractivity (Wildman–Crippen MR) is 68.5 cm³/mol. The van der Waals surface area contributed by atoms with Crippen LogP contribution in [0, 0.1) is 5.41 Å². The molecular formula is C13H28N2O. The molecule has 0 aromatic carbocycles. The Labute approximate surface area is 100 Å². The summed E-state index contributed by atoms with van der Waals surface area (Å²) in [5.74, 6) is 0. The van der Waals surface area contributed by atoms with Gasteiger partial charge in [-0.05, 0) is 32.2 Å². The summed E-state index contributed by atoms with van der Waals surface area (Å²) in [7, 11) is 0. The number of nitrogens with zero attached hydrogens (tertiary/aromatic N) is 1. The van der Waals surface area contributed by atoms with Gasteiger partial charge in [-0.15, -0.1) is 0 Å². The number of hydrogen-bond acceptors (Lipinski definition) is 3. The third-order valence-electron chi connectivity index (χ3n) is 3.46. The molecule has 1 unspecified atom stereocenters. The maximum Gasteiger partial charge on any atom is 0.0753 e. The molecule has 1 saturated heterocycles. The molecule has 0 aromatic heterocycles. The number of rotatable bonds is 5. The minimum Gasteiger partial charge on any atom is -0.373 e. The molecule has 1 aliphatic heterocycles. The van der Waals surface area contributed by atoms with Gasteiger partial charge in [0.2, 0.25) is 0 Å². The highest BCUT2D eigenvalue weighted by Gasteiger charge is 2.31. The molecule has 0 radical (unpaired) electrons. The van der Waals surface area contributed by atoms with Gasteiger partial charge in [0.05, 0.1) is 12.2 Å². The normalized spacial score (nSPS) is 25.3. The van der Waals surface area contributed by atoms with Gasteiger partial charge in [0.1, 0.15) is 0 Å². The van der Waals surface area contributed by atoms with E-state index in [1.807, 2.05) is 0 Å². The van der Waals surface area contributed by atoms with E-state index in [1.54, 1.807) is 0 Å². The van der Waals surface area contributed by atoms with Gasteiger partial charge in [0.25, 0.3) is 0 Å². The predicted octanol–water partition coefficient (Wildman–Crippen LogP) is 1.86. The van der Waals surface area contributed by atoms with Crippen LogP contribution in [0.3, 0.4) is 0 Å². The summed E-state index contributed by atoms with van der Waals surface area (Å²) in [5.41, 5.74) is 6.19. The Morgan fingerprint density at radius 1 is 1.44 bits per heavy atom. The van der Waals surface area contributed by atoms with Crippen LogP contribution in [0.1, 0.15) is 40.5 Å². The fraction of sp³-hybridized carbons (Fsp3) is 1.00. The fourth-order valence-corrected chi connectivity index (χ4v) is 2.64. The monoisotopic (exact) mass is 228 g/mol. The molecule has 1 rings (SSSR count). The molecule has 16 heavy (non-hydrogen) atoms. The van der Waals surface area contributed by atoms with Crippen LogP contribution in [0.15, 0.2) is 0 Å². The molecular weight excluding hydrogens is 200 g/mol. The molecule has 0 aromatic rings. The van der Waals surface area contributed by atoms with E-state index in [0.717, 1.165) is 32.8 Å². The lowest BCUT2D eigenvalue weighted by atomic mass is 9.84.